The van der Waals surface area contributed by atoms with Gasteiger partial charge in [0.2, 0.25) is 0 Å². The minimum atomic E-state index is 0.740. The topological polar surface area (TPSA) is 21.3 Å². The Balaban J connectivity index is 1.74. The van der Waals surface area contributed by atoms with Crippen LogP contribution in [0.4, 0.5) is 0 Å². The molecular weight excluding hydrogens is 198 g/mol. The molecule has 1 aromatic carbocycles. The normalized spacial score (nSPS) is 15.3. The Morgan fingerprint density at radius 3 is 2.50 bits per heavy atom. The van der Waals surface area contributed by atoms with Gasteiger partial charge < -0.3 is 10.1 Å². The Morgan fingerprint density at radius 2 is 1.88 bits per heavy atom. The highest BCUT2D eigenvalue weighted by atomic mass is 16.5. The van der Waals surface area contributed by atoms with Crippen molar-refractivity contribution in [2.75, 3.05) is 6.61 Å². The SMILES string of the molecule is CCCOCc1ccc(CNC2CC2)cc1. The predicted molar refractivity (Wildman–Crippen MR) is 66.3 cm³/mol. The Bertz CT molecular complexity index is 303. The van der Waals surface area contributed by atoms with Gasteiger partial charge >= 0.3 is 0 Å². The van der Waals surface area contributed by atoms with E-state index in [1.54, 1.807) is 0 Å². The van der Waals surface area contributed by atoms with Crippen LogP contribution in [-0.4, -0.2) is 12.6 Å². The molecule has 2 rings (SSSR count). The van der Waals surface area contributed by atoms with Crippen molar-refractivity contribution >= 4 is 0 Å². The zero-order chi connectivity index (χ0) is 11.2. The van der Waals surface area contributed by atoms with Crippen LogP contribution >= 0.6 is 0 Å². The van der Waals surface area contributed by atoms with Crippen LogP contribution in [0.25, 0.3) is 0 Å². The first-order valence-corrected chi connectivity index (χ1v) is 6.27. The summed E-state index contributed by atoms with van der Waals surface area (Å²) in [7, 11) is 0. The summed E-state index contributed by atoms with van der Waals surface area (Å²) in [6.45, 7) is 4.72. The second-order valence-corrected chi connectivity index (χ2v) is 4.52. The third-order valence-electron chi connectivity index (χ3n) is 2.81. The first-order valence-electron chi connectivity index (χ1n) is 6.27. The first-order chi connectivity index (χ1) is 7.88. The van der Waals surface area contributed by atoms with Gasteiger partial charge in [-0.3, -0.25) is 0 Å². The molecule has 88 valence electrons. The summed E-state index contributed by atoms with van der Waals surface area (Å²) in [5.41, 5.74) is 2.63. The number of nitrogens with one attached hydrogen (secondary N) is 1. The molecule has 1 fully saturated rings. The Morgan fingerprint density at radius 1 is 1.19 bits per heavy atom. The fourth-order valence-electron chi connectivity index (χ4n) is 1.64. The van der Waals surface area contributed by atoms with Crippen molar-refractivity contribution in [1.29, 1.82) is 0 Å². The van der Waals surface area contributed by atoms with Crippen molar-refractivity contribution in [3.05, 3.63) is 35.4 Å². The van der Waals surface area contributed by atoms with E-state index in [-0.39, 0.29) is 0 Å². The molecule has 0 atom stereocenters. The average Bonchev–Trinajstić information content (AvgIpc) is 3.12. The van der Waals surface area contributed by atoms with Crippen molar-refractivity contribution in [2.45, 2.75) is 45.4 Å². The van der Waals surface area contributed by atoms with Gasteiger partial charge in [-0.25, -0.2) is 0 Å². The van der Waals surface area contributed by atoms with Crippen molar-refractivity contribution in [2.24, 2.45) is 0 Å². The smallest absolute Gasteiger partial charge is 0.0716 e. The highest BCUT2D eigenvalue weighted by molar-refractivity contribution is 5.22. The molecule has 16 heavy (non-hydrogen) atoms. The van der Waals surface area contributed by atoms with Gasteiger partial charge in [0.05, 0.1) is 6.61 Å². The van der Waals surface area contributed by atoms with Crippen LogP contribution in [0.2, 0.25) is 0 Å². The van der Waals surface area contributed by atoms with Gasteiger partial charge in [-0.2, -0.15) is 0 Å². The number of benzene rings is 1. The predicted octanol–water partition coefficient (Wildman–Crippen LogP) is 2.87. The fourth-order valence-corrected chi connectivity index (χ4v) is 1.64. The second-order valence-electron chi connectivity index (χ2n) is 4.52. The zero-order valence-electron chi connectivity index (χ0n) is 10.0. The highest BCUT2D eigenvalue weighted by Crippen LogP contribution is 2.19. The summed E-state index contributed by atoms with van der Waals surface area (Å²) < 4.78 is 5.50. The molecule has 0 aromatic heterocycles. The second kappa shape index (κ2) is 6.02. The molecule has 0 heterocycles. The zero-order valence-corrected chi connectivity index (χ0v) is 10.0. The minimum Gasteiger partial charge on any atom is -0.377 e. The fraction of sp³-hybridized carbons (Fsp3) is 0.571. The summed E-state index contributed by atoms with van der Waals surface area (Å²) in [4.78, 5) is 0. The summed E-state index contributed by atoms with van der Waals surface area (Å²) in [6.07, 6.45) is 3.79. The highest BCUT2D eigenvalue weighted by Gasteiger charge is 2.19. The maximum atomic E-state index is 5.50. The van der Waals surface area contributed by atoms with Crippen LogP contribution in [0, 0.1) is 0 Å². The standard InChI is InChI=1S/C14H21NO/c1-2-9-16-11-13-5-3-12(4-6-13)10-15-14-7-8-14/h3-6,14-15H,2,7-11H2,1H3. The van der Waals surface area contributed by atoms with E-state index in [4.69, 9.17) is 4.74 Å². The maximum absolute atomic E-state index is 5.50. The summed E-state index contributed by atoms with van der Waals surface area (Å²) in [5.74, 6) is 0. The van der Waals surface area contributed by atoms with Gasteiger partial charge in [0.15, 0.2) is 0 Å². The lowest BCUT2D eigenvalue weighted by Crippen LogP contribution is -2.15. The van der Waals surface area contributed by atoms with Crippen molar-refractivity contribution in [3.63, 3.8) is 0 Å². The molecule has 0 aliphatic heterocycles. The molecule has 0 unspecified atom stereocenters. The molecule has 1 aliphatic carbocycles. The molecule has 0 saturated heterocycles. The lowest BCUT2D eigenvalue weighted by molar-refractivity contribution is 0.121. The largest absolute Gasteiger partial charge is 0.377 e. The summed E-state index contributed by atoms with van der Waals surface area (Å²) in [5, 5.41) is 3.51. The van der Waals surface area contributed by atoms with E-state index in [1.165, 1.54) is 24.0 Å². The first kappa shape index (κ1) is 11.6. The lowest BCUT2D eigenvalue weighted by Gasteiger charge is -2.05. The quantitative estimate of drug-likeness (QED) is 0.712. The third-order valence-corrected chi connectivity index (χ3v) is 2.81. The number of hydrogen-bond acceptors (Lipinski definition) is 2. The molecule has 1 N–H and O–H groups in total. The van der Waals surface area contributed by atoms with Gasteiger partial charge in [0.25, 0.3) is 0 Å². The Labute approximate surface area is 98.0 Å². The molecule has 2 nitrogen and oxygen atoms in total. The third kappa shape index (κ3) is 3.95. The van der Waals surface area contributed by atoms with Crippen LogP contribution < -0.4 is 5.32 Å². The molecule has 1 saturated carbocycles. The van der Waals surface area contributed by atoms with E-state index < -0.39 is 0 Å². The van der Waals surface area contributed by atoms with Gasteiger partial charge in [-0.1, -0.05) is 31.2 Å². The Kier molecular flexibility index (Phi) is 4.37. The summed E-state index contributed by atoms with van der Waals surface area (Å²) >= 11 is 0. The van der Waals surface area contributed by atoms with Crippen molar-refractivity contribution < 1.29 is 4.74 Å². The van der Waals surface area contributed by atoms with E-state index in [0.717, 1.165) is 32.2 Å². The molecule has 0 amide bonds. The Hall–Kier alpha value is -0.860. The summed E-state index contributed by atoms with van der Waals surface area (Å²) in [6, 6.07) is 9.51. The van der Waals surface area contributed by atoms with Crippen molar-refractivity contribution in [3.8, 4) is 0 Å². The van der Waals surface area contributed by atoms with Gasteiger partial charge in [-0.05, 0) is 30.4 Å². The molecular formula is C14H21NO. The van der Waals surface area contributed by atoms with Gasteiger partial charge in [-0.15, -0.1) is 0 Å². The van der Waals surface area contributed by atoms with Crippen LogP contribution in [0.3, 0.4) is 0 Å². The molecule has 1 aromatic rings. The molecule has 0 bridgehead atoms. The molecule has 0 radical (unpaired) electrons. The number of ether oxygens (including phenoxy) is 1. The van der Waals surface area contributed by atoms with Crippen LogP contribution in [0.15, 0.2) is 24.3 Å². The van der Waals surface area contributed by atoms with E-state index in [9.17, 15) is 0 Å². The van der Waals surface area contributed by atoms with E-state index >= 15 is 0 Å². The molecule has 0 spiro atoms. The van der Waals surface area contributed by atoms with Crippen LogP contribution in [0.1, 0.15) is 37.3 Å². The van der Waals surface area contributed by atoms with Gasteiger partial charge in [0, 0.05) is 19.2 Å². The molecule has 1 aliphatic rings. The van der Waals surface area contributed by atoms with Crippen molar-refractivity contribution in [1.82, 2.24) is 5.32 Å². The molecule has 2 heteroatoms. The average molecular weight is 219 g/mol. The monoisotopic (exact) mass is 219 g/mol. The van der Waals surface area contributed by atoms with Gasteiger partial charge in [0.1, 0.15) is 0 Å². The maximum Gasteiger partial charge on any atom is 0.0716 e. The minimum absolute atomic E-state index is 0.740. The van der Waals surface area contributed by atoms with E-state index in [1.807, 2.05) is 0 Å². The van der Waals surface area contributed by atoms with Crippen LogP contribution in [0.5, 0.6) is 0 Å². The van der Waals surface area contributed by atoms with Crippen LogP contribution in [-0.2, 0) is 17.9 Å². The number of rotatable bonds is 7. The van der Waals surface area contributed by atoms with E-state index in [2.05, 4.69) is 36.5 Å². The van der Waals surface area contributed by atoms with E-state index in [0.29, 0.717) is 0 Å². The lowest BCUT2D eigenvalue weighted by atomic mass is 10.1. The number of hydrogen-bond donors (Lipinski definition) is 1.